The van der Waals surface area contributed by atoms with Crippen LogP contribution in [0.25, 0.3) is 0 Å². The van der Waals surface area contributed by atoms with Crippen LogP contribution in [0.5, 0.6) is 0 Å². The lowest BCUT2D eigenvalue weighted by Crippen LogP contribution is -2.36. The number of hydrogen-bond donors (Lipinski definition) is 1. The number of benzene rings is 1. The first-order chi connectivity index (χ1) is 9.31. The molecule has 1 amide bonds. The molecule has 3 rings (SSSR count). The summed E-state index contributed by atoms with van der Waals surface area (Å²) in [4.78, 5) is 11.9. The molecule has 0 atom stereocenters. The molecule has 1 N–H and O–H groups in total. The van der Waals surface area contributed by atoms with Crippen molar-refractivity contribution in [3.05, 3.63) is 52.9 Å². The average molecular weight is 289 g/mol. The third kappa shape index (κ3) is 3.19. The van der Waals surface area contributed by atoms with Crippen LogP contribution >= 0.6 is 23.1 Å². The Kier molecular flexibility index (Phi) is 3.89. The molecule has 1 aliphatic rings. The van der Waals surface area contributed by atoms with Crippen molar-refractivity contribution in [2.45, 2.75) is 23.1 Å². The summed E-state index contributed by atoms with van der Waals surface area (Å²) in [5.41, 5.74) is 2.75. The Hall–Kier alpha value is -1.26. The molecule has 19 heavy (non-hydrogen) atoms. The Balaban J connectivity index is 1.49. The second-order valence-corrected chi connectivity index (χ2v) is 6.89. The zero-order valence-corrected chi connectivity index (χ0v) is 12.1. The van der Waals surface area contributed by atoms with Crippen LogP contribution in [0.15, 0.2) is 46.0 Å². The van der Waals surface area contributed by atoms with Gasteiger partial charge >= 0.3 is 0 Å². The van der Waals surface area contributed by atoms with E-state index in [2.05, 4.69) is 29.6 Å². The van der Waals surface area contributed by atoms with Gasteiger partial charge in [0.05, 0.1) is 9.96 Å². The second kappa shape index (κ2) is 5.80. The van der Waals surface area contributed by atoms with E-state index in [1.807, 2.05) is 17.5 Å². The molecule has 0 fully saturated rings. The largest absolute Gasteiger partial charge is 0.352 e. The smallest absolute Gasteiger partial charge is 0.230 e. The minimum atomic E-state index is 0.135. The number of rotatable bonds is 4. The summed E-state index contributed by atoms with van der Waals surface area (Å²) in [7, 11) is 0. The normalized spacial score (nSPS) is 14.3. The van der Waals surface area contributed by atoms with Gasteiger partial charge in [0.1, 0.15) is 0 Å². The Morgan fingerprint density at radius 1 is 1.21 bits per heavy atom. The lowest BCUT2D eigenvalue weighted by molar-refractivity contribution is -0.119. The van der Waals surface area contributed by atoms with Crippen LogP contribution in [0.3, 0.4) is 0 Å². The lowest BCUT2D eigenvalue weighted by Gasteiger charge is -2.11. The number of hydrogen-bond acceptors (Lipinski definition) is 3. The molecular weight excluding hydrogens is 274 g/mol. The van der Waals surface area contributed by atoms with Gasteiger partial charge in [0.25, 0.3) is 0 Å². The van der Waals surface area contributed by atoms with Gasteiger partial charge in [-0.1, -0.05) is 30.3 Å². The van der Waals surface area contributed by atoms with E-state index >= 15 is 0 Å². The van der Waals surface area contributed by atoms with Crippen LogP contribution in [0, 0.1) is 0 Å². The Morgan fingerprint density at radius 2 is 1.95 bits per heavy atom. The maximum Gasteiger partial charge on any atom is 0.230 e. The molecule has 0 saturated heterocycles. The Morgan fingerprint density at radius 3 is 2.58 bits per heavy atom. The zero-order valence-electron chi connectivity index (χ0n) is 10.5. The zero-order chi connectivity index (χ0) is 13.1. The highest BCUT2D eigenvalue weighted by atomic mass is 32.2. The van der Waals surface area contributed by atoms with Crippen LogP contribution in [-0.4, -0.2) is 17.7 Å². The predicted octanol–water partition coefficient (Wildman–Crippen LogP) is 3.12. The van der Waals surface area contributed by atoms with Gasteiger partial charge in [-0.25, -0.2) is 0 Å². The molecule has 0 radical (unpaired) electrons. The number of carbonyl (C=O) groups is 1. The second-order valence-electron chi connectivity index (χ2n) is 4.66. The summed E-state index contributed by atoms with van der Waals surface area (Å²) >= 11 is 3.29. The van der Waals surface area contributed by atoms with Gasteiger partial charge in [-0.2, -0.15) is 0 Å². The van der Waals surface area contributed by atoms with Crippen LogP contribution in [0.2, 0.25) is 0 Å². The molecular formula is C15H15NOS2. The van der Waals surface area contributed by atoms with Crippen LogP contribution in [0.1, 0.15) is 11.1 Å². The molecule has 1 aromatic heterocycles. The fraction of sp³-hybridized carbons (Fsp3) is 0.267. The summed E-state index contributed by atoms with van der Waals surface area (Å²) in [6, 6.07) is 12.8. The molecule has 0 bridgehead atoms. The topological polar surface area (TPSA) is 29.1 Å². The number of amides is 1. The van der Waals surface area contributed by atoms with E-state index in [0.29, 0.717) is 5.75 Å². The molecule has 0 aliphatic heterocycles. The lowest BCUT2D eigenvalue weighted by atomic mass is 10.1. The molecule has 2 nitrogen and oxygen atoms in total. The van der Waals surface area contributed by atoms with Crippen LogP contribution in [0.4, 0.5) is 0 Å². The number of nitrogens with one attached hydrogen (secondary N) is 1. The minimum absolute atomic E-state index is 0.135. The van der Waals surface area contributed by atoms with Crippen molar-refractivity contribution in [2.24, 2.45) is 0 Å². The number of fused-ring (bicyclic) bond motifs is 1. The summed E-state index contributed by atoms with van der Waals surface area (Å²) in [5, 5.41) is 5.17. The van der Waals surface area contributed by atoms with Gasteiger partial charge in [0.15, 0.2) is 0 Å². The van der Waals surface area contributed by atoms with Gasteiger partial charge < -0.3 is 5.32 Å². The van der Waals surface area contributed by atoms with E-state index in [1.54, 1.807) is 23.1 Å². The van der Waals surface area contributed by atoms with Crippen molar-refractivity contribution in [2.75, 3.05) is 5.75 Å². The van der Waals surface area contributed by atoms with Gasteiger partial charge in [-0.05, 0) is 35.4 Å². The fourth-order valence-corrected chi connectivity index (χ4v) is 4.01. The molecule has 4 heteroatoms. The van der Waals surface area contributed by atoms with E-state index in [0.717, 1.165) is 12.8 Å². The first kappa shape index (κ1) is 12.8. The summed E-state index contributed by atoms with van der Waals surface area (Å²) in [5.74, 6) is 0.643. The first-order valence-corrected chi connectivity index (χ1v) is 8.20. The predicted molar refractivity (Wildman–Crippen MR) is 80.8 cm³/mol. The SMILES string of the molecule is O=C(CSc1cccs1)NC1Cc2ccccc2C1. The third-order valence-electron chi connectivity index (χ3n) is 3.26. The first-order valence-electron chi connectivity index (χ1n) is 6.34. The third-order valence-corrected chi connectivity index (χ3v) is 5.39. The quantitative estimate of drug-likeness (QED) is 0.876. The fourth-order valence-electron chi connectivity index (χ4n) is 2.41. The van der Waals surface area contributed by atoms with Crippen molar-refractivity contribution < 1.29 is 4.79 Å². The summed E-state index contributed by atoms with van der Waals surface area (Å²) < 4.78 is 1.20. The van der Waals surface area contributed by atoms with Crippen molar-refractivity contribution in [3.63, 3.8) is 0 Å². The van der Waals surface area contributed by atoms with Crippen molar-refractivity contribution in [1.29, 1.82) is 0 Å². The Labute approximate surface area is 121 Å². The molecule has 1 aromatic carbocycles. The molecule has 0 saturated carbocycles. The molecule has 0 unspecified atom stereocenters. The van der Waals surface area contributed by atoms with E-state index in [9.17, 15) is 4.79 Å². The van der Waals surface area contributed by atoms with E-state index in [1.165, 1.54) is 15.3 Å². The van der Waals surface area contributed by atoms with Gasteiger partial charge in [-0.15, -0.1) is 23.1 Å². The van der Waals surface area contributed by atoms with E-state index in [-0.39, 0.29) is 11.9 Å². The summed E-state index contributed by atoms with van der Waals surface area (Å²) in [6.07, 6.45) is 1.93. The molecule has 0 spiro atoms. The number of thiophene rings is 1. The van der Waals surface area contributed by atoms with Crippen molar-refractivity contribution >= 4 is 29.0 Å². The van der Waals surface area contributed by atoms with Crippen LogP contribution in [-0.2, 0) is 17.6 Å². The van der Waals surface area contributed by atoms with Gasteiger partial charge in [0.2, 0.25) is 5.91 Å². The molecule has 1 heterocycles. The highest BCUT2D eigenvalue weighted by Crippen LogP contribution is 2.24. The van der Waals surface area contributed by atoms with Crippen LogP contribution < -0.4 is 5.32 Å². The maximum absolute atomic E-state index is 11.9. The highest BCUT2D eigenvalue weighted by Gasteiger charge is 2.22. The molecule has 2 aromatic rings. The molecule has 1 aliphatic carbocycles. The Bertz CT molecular complexity index is 540. The standard InChI is InChI=1S/C15H15NOS2/c17-14(10-19-15-6-3-7-18-15)16-13-8-11-4-1-2-5-12(11)9-13/h1-7,13H,8-10H2,(H,16,17). The monoisotopic (exact) mass is 289 g/mol. The average Bonchev–Trinajstić information content (AvgIpc) is 3.04. The van der Waals surface area contributed by atoms with Gasteiger partial charge in [-0.3, -0.25) is 4.79 Å². The van der Waals surface area contributed by atoms with Gasteiger partial charge in [0, 0.05) is 6.04 Å². The maximum atomic E-state index is 11.9. The molecule has 98 valence electrons. The van der Waals surface area contributed by atoms with E-state index in [4.69, 9.17) is 0 Å². The highest BCUT2D eigenvalue weighted by molar-refractivity contribution is 8.01. The van der Waals surface area contributed by atoms with Crippen molar-refractivity contribution in [1.82, 2.24) is 5.32 Å². The van der Waals surface area contributed by atoms with E-state index < -0.39 is 0 Å². The number of thioether (sulfide) groups is 1. The van der Waals surface area contributed by atoms with Crippen molar-refractivity contribution in [3.8, 4) is 0 Å². The number of carbonyl (C=O) groups excluding carboxylic acids is 1. The minimum Gasteiger partial charge on any atom is -0.352 e. The summed E-state index contributed by atoms with van der Waals surface area (Å²) in [6.45, 7) is 0.